The molecule has 0 spiro atoms. The Labute approximate surface area is 124 Å². The fourth-order valence-corrected chi connectivity index (χ4v) is 3.06. The molecule has 1 aromatic carbocycles. The number of benzene rings is 1. The molecule has 112 valence electrons. The maximum absolute atomic E-state index is 6.58. The van der Waals surface area contributed by atoms with Crippen LogP contribution in [0.5, 0.6) is 0 Å². The molecule has 0 heterocycles. The van der Waals surface area contributed by atoms with Gasteiger partial charge >= 0.3 is 0 Å². The van der Waals surface area contributed by atoms with Gasteiger partial charge in [0, 0.05) is 7.11 Å². The first-order chi connectivity index (χ1) is 9.23. The van der Waals surface area contributed by atoms with Crippen LogP contribution in [-0.4, -0.2) is 21.5 Å². The van der Waals surface area contributed by atoms with Crippen molar-refractivity contribution >= 4 is 8.32 Å². The molecule has 0 fully saturated rings. The van der Waals surface area contributed by atoms with Crippen molar-refractivity contribution in [3.63, 3.8) is 0 Å². The molecule has 0 saturated heterocycles. The molecule has 0 aromatic heterocycles. The fraction of sp³-hybridized carbons (Fsp3) is 0.529. The second kappa shape index (κ2) is 6.70. The van der Waals surface area contributed by atoms with Gasteiger partial charge in [-0.3, -0.25) is 0 Å². The van der Waals surface area contributed by atoms with Crippen LogP contribution in [0.1, 0.15) is 32.4 Å². The zero-order valence-electron chi connectivity index (χ0n) is 13.6. The van der Waals surface area contributed by atoms with Gasteiger partial charge < -0.3 is 9.16 Å². The van der Waals surface area contributed by atoms with Gasteiger partial charge in [-0.1, -0.05) is 57.2 Å². The monoisotopic (exact) mass is 292 g/mol. The van der Waals surface area contributed by atoms with E-state index in [2.05, 4.69) is 52.6 Å². The molecule has 1 rings (SSSR count). The van der Waals surface area contributed by atoms with Crippen molar-refractivity contribution in [2.45, 2.75) is 51.1 Å². The van der Waals surface area contributed by atoms with Gasteiger partial charge in [0.2, 0.25) is 0 Å². The van der Waals surface area contributed by atoms with Crippen molar-refractivity contribution in [2.75, 3.05) is 7.11 Å². The van der Waals surface area contributed by atoms with Crippen LogP contribution in [0.15, 0.2) is 43.0 Å². The molecule has 0 N–H and O–H groups in total. The Hall–Kier alpha value is -0.903. The Morgan fingerprint density at radius 3 is 2.10 bits per heavy atom. The standard InChI is InChI=1S/C17H28O2Si/c1-8-15(18-5)16(14-12-10-9-11-13-14)19-20(6,7)17(2,3)4/h8-13,15-16H,1H2,2-7H3/t15-,16-/m0/s1. The van der Waals surface area contributed by atoms with Crippen LogP contribution >= 0.6 is 0 Å². The molecule has 0 amide bonds. The molecular formula is C17H28O2Si. The van der Waals surface area contributed by atoms with Crippen molar-refractivity contribution < 1.29 is 9.16 Å². The molecule has 0 aliphatic heterocycles. The van der Waals surface area contributed by atoms with Gasteiger partial charge in [0.15, 0.2) is 8.32 Å². The second-order valence-electron chi connectivity index (χ2n) is 6.65. The first-order valence-electron chi connectivity index (χ1n) is 7.11. The Morgan fingerprint density at radius 2 is 1.70 bits per heavy atom. The molecule has 1 aromatic rings. The lowest BCUT2D eigenvalue weighted by atomic mass is 10.0. The van der Waals surface area contributed by atoms with Crippen LogP contribution in [0, 0.1) is 0 Å². The lowest BCUT2D eigenvalue weighted by Crippen LogP contribution is -2.44. The van der Waals surface area contributed by atoms with E-state index >= 15 is 0 Å². The summed E-state index contributed by atoms with van der Waals surface area (Å²) in [5.41, 5.74) is 1.14. The van der Waals surface area contributed by atoms with Crippen LogP contribution in [0.3, 0.4) is 0 Å². The maximum Gasteiger partial charge on any atom is 0.193 e. The highest BCUT2D eigenvalue weighted by molar-refractivity contribution is 6.74. The SMILES string of the molecule is C=C[C@H](OC)[C@@H](O[Si](C)(C)C(C)(C)C)c1ccccc1. The Kier molecular flexibility index (Phi) is 5.75. The number of hydrogen-bond donors (Lipinski definition) is 0. The van der Waals surface area contributed by atoms with E-state index in [0.29, 0.717) is 0 Å². The van der Waals surface area contributed by atoms with E-state index in [9.17, 15) is 0 Å². The number of methoxy groups -OCH3 is 1. The largest absolute Gasteiger partial charge is 0.407 e. The fourth-order valence-electron chi connectivity index (χ4n) is 1.81. The average molecular weight is 292 g/mol. The quantitative estimate of drug-likeness (QED) is 0.545. The first kappa shape index (κ1) is 17.1. The molecule has 3 heteroatoms. The first-order valence-corrected chi connectivity index (χ1v) is 10.0. The van der Waals surface area contributed by atoms with Crippen LogP contribution in [0.25, 0.3) is 0 Å². The molecule has 20 heavy (non-hydrogen) atoms. The Morgan fingerprint density at radius 1 is 1.15 bits per heavy atom. The van der Waals surface area contributed by atoms with Crippen LogP contribution in [0.4, 0.5) is 0 Å². The molecular weight excluding hydrogens is 264 g/mol. The number of ether oxygens (including phenoxy) is 1. The summed E-state index contributed by atoms with van der Waals surface area (Å²) in [6, 6.07) is 10.3. The minimum Gasteiger partial charge on any atom is -0.407 e. The lowest BCUT2D eigenvalue weighted by Gasteiger charge is -2.40. The molecule has 0 aliphatic rings. The van der Waals surface area contributed by atoms with Crippen molar-refractivity contribution in [1.29, 1.82) is 0 Å². The van der Waals surface area contributed by atoms with E-state index < -0.39 is 8.32 Å². The summed E-state index contributed by atoms with van der Waals surface area (Å²) < 4.78 is 12.1. The zero-order chi connectivity index (χ0) is 15.4. The summed E-state index contributed by atoms with van der Waals surface area (Å²) in [6.07, 6.45) is 1.59. The topological polar surface area (TPSA) is 18.5 Å². The van der Waals surface area contributed by atoms with Gasteiger partial charge in [0.25, 0.3) is 0 Å². The van der Waals surface area contributed by atoms with E-state index in [4.69, 9.17) is 9.16 Å². The summed E-state index contributed by atoms with van der Waals surface area (Å²) in [4.78, 5) is 0. The molecule has 0 bridgehead atoms. The third-order valence-electron chi connectivity index (χ3n) is 4.16. The van der Waals surface area contributed by atoms with Gasteiger partial charge in [-0.05, 0) is 23.7 Å². The third kappa shape index (κ3) is 4.04. The summed E-state index contributed by atoms with van der Waals surface area (Å²) in [5, 5.41) is 0.166. The molecule has 2 nitrogen and oxygen atoms in total. The van der Waals surface area contributed by atoms with E-state index in [1.807, 2.05) is 24.3 Å². The van der Waals surface area contributed by atoms with Gasteiger partial charge in [-0.15, -0.1) is 6.58 Å². The molecule has 0 saturated carbocycles. The van der Waals surface area contributed by atoms with Gasteiger partial charge in [-0.25, -0.2) is 0 Å². The summed E-state index contributed by atoms with van der Waals surface area (Å²) in [5.74, 6) is 0. The third-order valence-corrected chi connectivity index (χ3v) is 8.61. The Bertz CT molecular complexity index is 420. The summed E-state index contributed by atoms with van der Waals surface area (Å²) in [7, 11) is -0.168. The minimum absolute atomic E-state index is 0.0976. The predicted octanol–water partition coefficient (Wildman–Crippen LogP) is 4.95. The summed E-state index contributed by atoms with van der Waals surface area (Å²) in [6.45, 7) is 15.1. The molecule has 0 aliphatic carbocycles. The molecule has 2 atom stereocenters. The van der Waals surface area contributed by atoms with E-state index in [-0.39, 0.29) is 17.2 Å². The smallest absolute Gasteiger partial charge is 0.193 e. The highest BCUT2D eigenvalue weighted by atomic mass is 28.4. The zero-order valence-corrected chi connectivity index (χ0v) is 14.6. The normalized spacial score (nSPS) is 15.7. The molecule has 0 radical (unpaired) electrons. The second-order valence-corrected chi connectivity index (χ2v) is 11.4. The molecule has 0 unspecified atom stereocenters. The maximum atomic E-state index is 6.58. The van der Waals surface area contributed by atoms with Gasteiger partial charge in [0.05, 0.1) is 0 Å². The number of rotatable bonds is 6. The Balaban J connectivity index is 3.10. The van der Waals surface area contributed by atoms with E-state index in [0.717, 1.165) is 5.56 Å². The van der Waals surface area contributed by atoms with Gasteiger partial charge in [-0.2, -0.15) is 0 Å². The van der Waals surface area contributed by atoms with E-state index in [1.165, 1.54) is 0 Å². The van der Waals surface area contributed by atoms with Crippen LogP contribution in [-0.2, 0) is 9.16 Å². The van der Waals surface area contributed by atoms with Crippen molar-refractivity contribution in [3.8, 4) is 0 Å². The van der Waals surface area contributed by atoms with Crippen LogP contribution < -0.4 is 0 Å². The van der Waals surface area contributed by atoms with E-state index in [1.54, 1.807) is 7.11 Å². The number of hydrogen-bond acceptors (Lipinski definition) is 2. The van der Waals surface area contributed by atoms with Crippen molar-refractivity contribution in [2.24, 2.45) is 0 Å². The van der Waals surface area contributed by atoms with Crippen molar-refractivity contribution in [3.05, 3.63) is 48.6 Å². The minimum atomic E-state index is -1.87. The van der Waals surface area contributed by atoms with Gasteiger partial charge in [0.1, 0.15) is 12.2 Å². The average Bonchev–Trinajstić information content (AvgIpc) is 2.38. The summed E-state index contributed by atoms with van der Waals surface area (Å²) >= 11 is 0. The highest BCUT2D eigenvalue weighted by Crippen LogP contribution is 2.40. The van der Waals surface area contributed by atoms with Crippen LogP contribution in [0.2, 0.25) is 18.1 Å². The predicted molar refractivity (Wildman–Crippen MR) is 88.5 cm³/mol. The lowest BCUT2D eigenvalue weighted by molar-refractivity contribution is 0.0233. The van der Waals surface area contributed by atoms with Crippen molar-refractivity contribution in [1.82, 2.24) is 0 Å². The highest BCUT2D eigenvalue weighted by Gasteiger charge is 2.40.